The van der Waals surface area contributed by atoms with Crippen molar-refractivity contribution < 1.29 is 24.5 Å². The molecular weight excluding hydrogens is 755 g/mol. The van der Waals surface area contributed by atoms with E-state index in [1.165, 1.54) is 225 Å². The third-order valence-corrected chi connectivity index (χ3v) is 12.8. The molecule has 0 saturated heterocycles. The van der Waals surface area contributed by atoms with Crippen molar-refractivity contribution in [3.8, 4) is 0 Å². The van der Waals surface area contributed by atoms with Gasteiger partial charge in [0.1, 0.15) is 0 Å². The van der Waals surface area contributed by atoms with Gasteiger partial charge in [-0.1, -0.05) is 251 Å². The molecule has 0 heterocycles. The largest absolute Gasteiger partial charge is 0.466 e. The Kier molecular flexibility index (Phi) is 50.1. The number of aliphatic hydroxyl groups is 2. The fourth-order valence-electron chi connectivity index (χ4n) is 8.58. The number of rotatable bonds is 51. The summed E-state index contributed by atoms with van der Waals surface area (Å²) in [7, 11) is 0. The van der Waals surface area contributed by atoms with Crippen LogP contribution in [0.2, 0.25) is 0 Å². The predicted molar refractivity (Wildman–Crippen MR) is 264 cm³/mol. The molecule has 6 heteroatoms. The van der Waals surface area contributed by atoms with Gasteiger partial charge >= 0.3 is 5.97 Å². The number of hydrogen-bond acceptors (Lipinski definition) is 5. The molecule has 0 aliphatic carbocycles. The van der Waals surface area contributed by atoms with Crippen molar-refractivity contribution in [2.24, 2.45) is 0 Å². The highest BCUT2D eigenvalue weighted by Crippen LogP contribution is 2.17. The van der Waals surface area contributed by atoms with Gasteiger partial charge in [-0.25, -0.2) is 0 Å². The van der Waals surface area contributed by atoms with Gasteiger partial charge in [0, 0.05) is 12.8 Å². The molecule has 2 unspecified atom stereocenters. The van der Waals surface area contributed by atoms with Crippen LogP contribution in [0.25, 0.3) is 0 Å². The molecular formula is C55H107NO5. The fourth-order valence-corrected chi connectivity index (χ4v) is 8.58. The van der Waals surface area contributed by atoms with Crippen molar-refractivity contribution in [3.05, 3.63) is 12.2 Å². The number of carbonyl (C=O) groups is 2. The van der Waals surface area contributed by atoms with Gasteiger partial charge < -0.3 is 20.3 Å². The Morgan fingerprint density at radius 3 is 1.16 bits per heavy atom. The summed E-state index contributed by atoms with van der Waals surface area (Å²) in [5, 5.41) is 23.1. The molecule has 0 radical (unpaired) electrons. The maximum Gasteiger partial charge on any atom is 0.305 e. The van der Waals surface area contributed by atoms with Crippen molar-refractivity contribution in [1.82, 2.24) is 5.32 Å². The van der Waals surface area contributed by atoms with Crippen LogP contribution in [0.5, 0.6) is 0 Å². The third-order valence-electron chi connectivity index (χ3n) is 12.8. The van der Waals surface area contributed by atoms with E-state index in [1.807, 2.05) is 0 Å². The second kappa shape index (κ2) is 51.2. The van der Waals surface area contributed by atoms with E-state index < -0.39 is 12.1 Å². The van der Waals surface area contributed by atoms with E-state index in [9.17, 15) is 19.8 Å². The van der Waals surface area contributed by atoms with Crippen LogP contribution in [-0.4, -0.2) is 47.4 Å². The van der Waals surface area contributed by atoms with Crippen LogP contribution in [0.1, 0.15) is 303 Å². The first-order valence-electron chi connectivity index (χ1n) is 27.4. The van der Waals surface area contributed by atoms with Gasteiger partial charge in [-0.3, -0.25) is 9.59 Å². The van der Waals surface area contributed by atoms with Gasteiger partial charge in [0.25, 0.3) is 0 Å². The lowest BCUT2D eigenvalue weighted by Gasteiger charge is -2.22. The predicted octanol–water partition coefficient (Wildman–Crippen LogP) is 16.5. The number of aliphatic hydroxyl groups excluding tert-OH is 2. The van der Waals surface area contributed by atoms with Crippen molar-refractivity contribution in [3.63, 3.8) is 0 Å². The first-order chi connectivity index (χ1) is 30.0. The Morgan fingerprint density at radius 1 is 0.443 bits per heavy atom. The molecule has 0 aromatic heterocycles. The van der Waals surface area contributed by atoms with Crippen molar-refractivity contribution in [2.75, 3.05) is 13.2 Å². The van der Waals surface area contributed by atoms with Crippen molar-refractivity contribution >= 4 is 11.9 Å². The molecule has 0 bridgehead atoms. The highest BCUT2D eigenvalue weighted by atomic mass is 16.5. The zero-order chi connectivity index (χ0) is 44.4. The molecule has 1 amide bonds. The number of unbranched alkanes of at least 4 members (excludes halogenated alkanes) is 38. The first-order valence-corrected chi connectivity index (χ1v) is 27.4. The van der Waals surface area contributed by atoms with E-state index >= 15 is 0 Å². The zero-order valence-electron chi connectivity index (χ0n) is 41.2. The monoisotopic (exact) mass is 862 g/mol. The second-order valence-corrected chi connectivity index (χ2v) is 18.9. The average molecular weight is 862 g/mol. The van der Waals surface area contributed by atoms with E-state index in [-0.39, 0.29) is 18.5 Å². The summed E-state index contributed by atoms with van der Waals surface area (Å²) in [5.41, 5.74) is 0. The van der Waals surface area contributed by atoms with Crippen LogP contribution in [0, 0.1) is 0 Å². The van der Waals surface area contributed by atoms with E-state index in [1.54, 1.807) is 0 Å². The SMILES string of the molecule is CCCCCCCC/C=C\CCCCCCCCCC(=O)OCCCCCCCCCCCCCCCCCCC(=O)NC(CO)C(O)CCCCCCCCCCCCC. The van der Waals surface area contributed by atoms with E-state index in [0.29, 0.717) is 25.9 Å². The molecule has 3 N–H and O–H groups in total. The van der Waals surface area contributed by atoms with Gasteiger partial charge in [-0.05, 0) is 51.4 Å². The van der Waals surface area contributed by atoms with Crippen LogP contribution < -0.4 is 5.32 Å². The van der Waals surface area contributed by atoms with Crippen LogP contribution in [0.4, 0.5) is 0 Å². The summed E-state index contributed by atoms with van der Waals surface area (Å²) in [6, 6.07) is -0.544. The first kappa shape index (κ1) is 59.6. The molecule has 6 nitrogen and oxygen atoms in total. The molecule has 362 valence electrons. The molecule has 0 aliphatic heterocycles. The lowest BCUT2D eigenvalue weighted by molar-refractivity contribution is -0.143. The summed E-state index contributed by atoms with van der Waals surface area (Å²) in [4.78, 5) is 24.5. The Morgan fingerprint density at radius 2 is 0.770 bits per heavy atom. The van der Waals surface area contributed by atoms with Crippen molar-refractivity contribution in [1.29, 1.82) is 0 Å². The molecule has 0 rings (SSSR count). The Balaban J connectivity index is 3.39. The van der Waals surface area contributed by atoms with Gasteiger partial charge in [0.2, 0.25) is 5.91 Å². The molecule has 0 aliphatic rings. The molecule has 0 aromatic carbocycles. The maximum atomic E-state index is 12.4. The number of allylic oxidation sites excluding steroid dienone is 2. The third kappa shape index (κ3) is 47.9. The minimum atomic E-state index is -0.667. The van der Waals surface area contributed by atoms with Crippen LogP contribution in [0.3, 0.4) is 0 Å². The molecule has 61 heavy (non-hydrogen) atoms. The van der Waals surface area contributed by atoms with Crippen LogP contribution in [-0.2, 0) is 14.3 Å². The second-order valence-electron chi connectivity index (χ2n) is 18.9. The number of esters is 1. The molecule has 0 aromatic rings. The summed E-state index contributed by atoms with van der Waals surface area (Å²) < 4.78 is 5.48. The topological polar surface area (TPSA) is 95.9 Å². The lowest BCUT2D eigenvalue weighted by atomic mass is 10.0. The number of nitrogens with one attached hydrogen (secondary N) is 1. The quantitative estimate of drug-likeness (QED) is 0.0322. The number of carbonyl (C=O) groups excluding carboxylic acids is 2. The van der Waals surface area contributed by atoms with Crippen LogP contribution in [0.15, 0.2) is 12.2 Å². The average Bonchev–Trinajstić information content (AvgIpc) is 3.26. The maximum absolute atomic E-state index is 12.4. The molecule has 0 fully saturated rings. The minimum Gasteiger partial charge on any atom is -0.466 e. The van der Waals surface area contributed by atoms with Gasteiger partial charge in [-0.15, -0.1) is 0 Å². The summed E-state index contributed by atoms with van der Waals surface area (Å²) in [6.45, 7) is 4.93. The smallest absolute Gasteiger partial charge is 0.305 e. The highest BCUT2D eigenvalue weighted by molar-refractivity contribution is 5.76. The Labute approximate surface area is 380 Å². The van der Waals surface area contributed by atoms with Gasteiger partial charge in [0.15, 0.2) is 0 Å². The van der Waals surface area contributed by atoms with E-state index in [2.05, 4.69) is 31.3 Å². The van der Waals surface area contributed by atoms with E-state index in [0.717, 1.165) is 44.9 Å². The molecule has 0 spiro atoms. The summed E-state index contributed by atoms with van der Waals surface area (Å²) in [6.07, 6.45) is 59.0. The molecule has 0 saturated carbocycles. The number of hydrogen-bond donors (Lipinski definition) is 3. The van der Waals surface area contributed by atoms with Gasteiger partial charge in [-0.2, -0.15) is 0 Å². The number of ether oxygens (including phenoxy) is 1. The standard InChI is InChI=1S/C55H107NO5/c1-3-5-7-9-11-13-15-16-17-18-22-25-29-33-37-41-45-49-55(60)61-50-46-42-38-34-30-26-23-20-19-21-24-28-32-36-40-44-48-54(59)56-52(51-57)53(58)47-43-39-35-31-27-14-12-10-8-6-4-2/h16-17,52-53,57-58H,3-15,18-51H2,1-2H3,(H,56,59)/b17-16-. The van der Waals surface area contributed by atoms with Crippen LogP contribution >= 0.6 is 0 Å². The number of amides is 1. The lowest BCUT2D eigenvalue weighted by Crippen LogP contribution is -2.45. The fraction of sp³-hybridized carbons (Fsp3) is 0.927. The van der Waals surface area contributed by atoms with E-state index in [4.69, 9.17) is 4.74 Å². The normalized spacial score (nSPS) is 12.7. The summed E-state index contributed by atoms with van der Waals surface area (Å²) in [5.74, 6) is -0.0420. The molecule has 2 atom stereocenters. The highest BCUT2D eigenvalue weighted by Gasteiger charge is 2.20. The zero-order valence-corrected chi connectivity index (χ0v) is 41.2. The minimum absolute atomic E-state index is 0.0000828. The van der Waals surface area contributed by atoms with Crippen molar-refractivity contribution in [2.45, 2.75) is 315 Å². The van der Waals surface area contributed by atoms with Gasteiger partial charge in [0.05, 0.1) is 25.4 Å². The summed E-state index contributed by atoms with van der Waals surface area (Å²) >= 11 is 0. The Hall–Kier alpha value is -1.40. The Bertz CT molecular complexity index is 909.